The lowest BCUT2D eigenvalue weighted by molar-refractivity contribution is 0.265. The average Bonchev–Trinajstić information content (AvgIpc) is 2.85. The molecule has 0 radical (unpaired) electrons. The van der Waals surface area contributed by atoms with Gasteiger partial charge >= 0.3 is 0 Å². The molecule has 1 aliphatic heterocycles. The third-order valence-electron chi connectivity index (χ3n) is 2.99. The second-order valence-corrected chi connectivity index (χ2v) is 3.90. The van der Waals surface area contributed by atoms with E-state index in [1.165, 1.54) is 6.33 Å². The van der Waals surface area contributed by atoms with Crippen LogP contribution in [-0.2, 0) is 0 Å². The topological polar surface area (TPSA) is 96.5 Å². The van der Waals surface area contributed by atoms with E-state index in [4.69, 9.17) is 10.6 Å². The molecule has 2 heterocycles. The summed E-state index contributed by atoms with van der Waals surface area (Å²) in [5, 5.41) is 9.32. The molecule has 1 saturated heterocycles. The van der Waals surface area contributed by atoms with Crippen molar-refractivity contribution in [1.82, 2.24) is 9.97 Å². The van der Waals surface area contributed by atoms with Gasteiger partial charge in [-0.25, -0.2) is 15.8 Å². The molecule has 4 N–H and O–H groups in total. The Morgan fingerprint density at radius 1 is 1.65 bits per heavy atom. The van der Waals surface area contributed by atoms with Gasteiger partial charge in [-0.2, -0.15) is 0 Å². The van der Waals surface area contributed by atoms with E-state index in [9.17, 15) is 5.11 Å². The molecule has 1 unspecified atom stereocenters. The molecule has 1 fully saturated rings. The van der Waals surface area contributed by atoms with Gasteiger partial charge in [-0.1, -0.05) is 0 Å². The number of hydrogen-bond acceptors (Lipinski definition) is 7. The Balaban J connectivity index is 2.37. The third kappa shape index (κ3) is 2.11. The van der Waals surface area contributed by atoms with Gasteiger partial charge in [0.25, 0.3) is 0 Å². The molecule has 94 valence electrons. The Bertz CT molecular complexity index is 387. The zero-order chi connectivity index (χ0) is 12.3. The number of methoxy groups -OCH3 is 1. The molecule has 7 heteroatoms. The molecule has 1 atom stereocenters. The van der Waals surface area contributed by atoms with Crippen LogP contribution in [0.3, 0.4) is 0 Å². The molecule has 17 heavy (non-hydrogen) atoms. The van der Waals surface area contributed by atoms with E-state index in [-0.39, 0.29) is 12.6 Å². The van der Waals surface area contributed by atoms with Crippen LogP contribution in [0.2, 0.25) is 0 Å². The third-order valence-corrected chi connectivity index (χ3v) is 2.99. The number of nitrogens with zero attached hydrogens (tertiary/aromatic N) is 3. The van der Waals surface area contributed by atoms with Crippen LogP contribution in [0, 0.1) is 0 Å². The maximum absolute atomic E-state index is 9.32. The lowest BCUT2D eigenvalue weighted by atomic mass is 10.2. The normalized spacial score (nSPS) is 19.5. The van der Waals surface area contributed by atoms with Crippen LogP contribution in [0.4, 0.5) is 11.6 Å². The lowest BCUT2D eigenvalue weighted by Gasteiger charge is -2.25. The van der Waals surface area contributed by atoms with E-state index >= 15 is 0 Å². The second-order valence-electron chi connectivity index (χ2n) is 3.90. The number of aliphatic hydroxyl groups excluding tert-OH is 1. The van der Waals surface area contributed by atoms with Crippen LogP contribution < -0.4 is 20.9 Å². The van der Waals surface area contributed by atoms with Gasteiger partial charge in [0.05, 0.1) is 19.8 Å². The number of ether oxygens (including phenoxy) is 1. The van der Waals surface area contributed by atoms with Crippen molar-refractivity contribution in [3.05, 3.63) is 6.33 Å². The monoisotopic (exact) mass is 239 g/mol. The molecule has 2 rings (SSSR count). The molecule has 7 nitrogen and oxygen atoms in total. The number of nitrogens with two attached hydrogens (primary N) is 1. The molecule has 0 amide bonds. The standard InChI is InChI=1S/C10H17N5O2/c1-17-8-9(14-11)12-6-13-10(8)15-4-2-3-7(15)5-16/h6-7,16H,2-5,11H2,1H3,(H,12,13,14). The summed E-state index contributed by atoms with van der Waals surface area (Å²) in [4.78, 5) is 10.2. The van der Waals surface area contributed by atoms with Crippen molar-refractivity contribution in [3.63, 3.8) is 0 Å². The Morgan fingerprint density at radius 3 is 3.12 bits per heavy atom. The van der Waals surface area contributed by atoms with Gasteiger partial charge in [0, 0.05) is 6.54 Å². The second kappa shape index (κ2) is 5.15. The van der Waals surface area contributed by atoms with E-state index in [0.717, 1.165) is 19.4 Å². The Morgan fingerprint density at radius 2 is 2.47 bits per heavy atom. The van der Waals surface area contributed by atoms with Crippen molar-refractivity contribution in [2.75, 3.05) is 30.6 Å². The molecule has 0 spiro atoms. The molecule has 0 bridgehead atoms. The minimum Gasteiger partial charge on any atom is -0.490 e. The number of rotatable bonds is 4. The fraction of sp³-hybridized carbons (Fsp3) is 0.600. The van der Waals surface area contributed by atoms with Gasteiger partial charge in [0.1, 0.15) is 6.33 Å². The Kier molecular flexibility index (Phi) is 3.60. The minimum absolute atomic E-state index is 0.0874. The average molecular weight is 239 g/mol. The fourth-order valence-electron chi connectivity index (χ4n) is 2.16. The molecule has 1 aromatic rings. The van der Waals surface area contributed by atoms with E-state index in [1.54, 1.807) is 7.11 Å². The van der Waals surface area contributed by atoms with E-state index < -0.39 is 0 Å². The summed E-state index contributed by atoms with van der Waals surface area (Å²) in [5.41, 5.74) is 2.48. The predicted octanol–water partition coefficient (Wildman–Crippen LogP) is -0.268. The molecule has 1 aromatic heterocycles. The van der Waals surface area contributed by atoms with Crippen LogP contribution in [0.1, 0.15) is 12.8 Å². The Labute approximate surface area is 99.6 Å². The van der Waals surface area contributed by atoms with Gasteiger partial charge in [-0.3, -0.25) is 0 Å². The molecule has 0 saturated carbocycles. The number of nitrogen functional groups attached to an aromatic ring is 1. The summed E-state index contributed by atoms with van der Waals surface area (Å²) in [7, 11) is 1.55. The number of anilines is 2. The van der Waals surface area contributed by atoms with Crippen LogP contribution in [0.15, 0.2) is 6.33 Å². The lowest BCUT2D eigenvalue weighted by Crippen LogP contribution is -2.33. The highest BCUT2D eigenvalue weighted by atomic mass is 16.5. The van der Waals surface area contributed by atoms with E-state index in [0.29, 0.717) is 17.4 Å². The smallest absolute Gasteiger partial charge is 0.205 e. The van der Waals surface area contributed by atoms with Crippen molar-refractivity contribution in [1.29, 1.82) is 0 Å². The van der Waals surface area contributed by atoms with E-state index in [1.807, 2.05) is 4.90 Å². The van der Waals surface area contributed by atoms with E-state index in [2.05, 4.69) is 15.4 Å². The maximum Gasteiger partial charge on any atom is 0.205 e. The number of aromatic nitrogens is 2. The quantitative estimate of drug-likeness (QED) is 0.491. The van der Waals surface area contributed by atoms with Gasteiger partial charge in [-0.15, -0.1) is 0 Å². The van der Waals surface area contributed by atoms with Crippen molar-refractivity contribution >= 4 is 11.6 Å². The first-order valence-electron chi connectivity index (χ1n) is 5.55. The highest BCUT2D eigenvalue weighted by Gasteiger charge is 2.28. The van der Waals surface area contributed by atoms with Crippen molar-refractivity contribution < 1.29 is 9.84 Å². The van der Waals surface area contributed by atoms with Gasteiger partial charge < -0.3 is 20.2 Å². The zero-order valence-corrected chi connectivity index (χ0v) is 9.76. The molecule has 0 aliphatic carbocycles. The predicted molar refractivity (Wildman–Crippen MR) is 63.8 cm³/mol. The van der Waals surface area contributed by atoms with Crippen molar-refractivity contribution in [2.45, 2.75) is 18.9 Å². The van der Waals surface area contributed by atoms with Crippen molar-refractivity contribution in [3.8, 4) is 5.75 Å². The first kappa shape index (κ1) is 11.9. The summed E-state index contributed by atoms with van der Waals surface area (Å²) in [6, 6.07) is 0.0874. The molecule has 1 aliphatic rings. The summed E-state index contributed by atoms with van der Waals surface area (Å²) < 4.78 is 5.28. The largest absolute Gasteiger partial charge is 0.490 e. The van der Waals surface area contributed by atoms with Crippen molar-refractivity contribution in [2.24, 2.45) is 5.84 Å². The SMILES string of the molecule is COc1c(NN)ncnc1N1CCCC1CO. The number of hydrogen-bond donors (Lipinski definition) is 3. The van der Waals surface area contributed by atoms with Gasteiger partial charge in [0.2, 0.25) is 5.75 Å². The number of hydrazine groups is 1. The highest BCUT2D eigenvalue weighted by molar-refractivity contribution is 5.65. The first-order chi connectivity index (χ1) is 8.31. The van der Waals surface area contributed by atoms with Crippen LogP contribution in [0.25, 0.3) is 0 Å². The molecule has 0 aromatic carbocycles. The van der Waals surface area contributed by atoms with Crippen LogP contribution >= 0.6 is 0 Å². The number of aliphatic hydroxyl groups is 1. The zero-order valence-electron chi connectivity index (χ0n) is 9.76. The van der Waals surface area contributed by atoms with Gasteiger partial charge in [0.15, 0.2) is 11.6 Å². The maximum atomic E-state index is 9.32. The fourth-order valence-corrected chi connectivity index (χ4v) is 2.16. The highest BCUT2D eigenvalue weighted by Crippen LogP contribution is 2.35. The number of nitrogens with one attached hydrogen (secondary N) is 1. The molecular formula is C10H17N5O2. The van der Waals surface area contributed by atoms with Crippen LogP contribution in [0.5, 0.6) is 5.75 Å². The minimum atomic E-state index is 0.0874. The van der Waals surface area contributed by atoms with Crippen LogP contribution in [-0.4, -0.2) is 41.4 Å². The summed E-state index contributed by atoms with van der Waals surface area (Å²) in [6.45, 7) is 0.959. The molecular weight excluding hydrogens is 222 g/mol. The first-order valence-corrected chi connectivity index (χ1v) is 5.55. The Hall–Kier alpha value is -1.60. The van der Waals surface area contributed by atoms with Gasteiger partial charge in [-0.05, 0) is 12.8 Å². The summed E-state index contributed by atoms with van der Waals surface area (Å²) >= 11 is 0. The summed E-state index contributed by atoms with van der Waals surface area (Å²) in [6.07, 6.45) is 3.42. The summed E-state index contributed by atoms with van der Waals surface area (Å²) in [5.74, 6) is 7.00.